The van der Waals surface area contributed by atoms with Crippen molar-refractivity contribution in [3.8, 4) is 11.5 Å². The molecule has 4 aromatic rings. The zero-order chi connectivity index (χ0) is 25.6. The van der Waals surface area contributed by atoms with Crippen LogP contribution in [0.4, 0.5) is 5.13 Å². The number of benzene rings is 2. The monoisotopic (exact) mass is 520 g/mol. The van der Waals surface area contributed by atoms with E-state index in [1.807, 2.05) is 50.4 Å². The van der Waals surface area contributed by atoms with Crippen LogP contribution in [-0.4, -0.2) is 35.0 Å². The minimum Gasteiger partial charge on any atom is -0.507 e. The van der Waals surface area contributed by atoms with Crippen LogP contribution in [0.5, 0.6) is 11.5 Å². The lowest BCUT2D eigenvalue weighted by Crippen LogP contribution is -2.28. The van der Waals surface area contributed by atoms with Crippen molar-refractivity contribution >= 4 is 55.5 Å². The van der Waals surface area contributed by atoms with Crippen LogP contribution < -0.4 is 14.4 Å². The molecule has 0 saturated carbocycles. The van der Waals surface area contributed by atoms with E-state index < -0.39 is 17.7 Å². The van der Waals surface area contributed by atoms with Gasteiger partial charge in [0.2, 0.25) is 0 Å². The first-order valence-electron chi connectivity index (χ1n) is 11.3. The normalized spacial score (nSPS) is 17.4. The van der Waals surface area contributed by atoms with Crippen LogP contribution in [-0.2, 0) is 9.59 Å². The highest BCUT2D eigenvalue weighted by Crippen LogP contribution is 2.46. The van der Waals surface area contributed by atoms with Crippen molar-refractivity contribution in [2.45, 2.75) is 32.9 Å². The minimum absolute atomic E-state index is 0.0252. The maximum atomic E-state index is 13.4. The molecule has 1 aliphatic heterocycles. The first kappa shape index (κ1) is 24.0. The molecule has 3 heterocycles. The molecule has 0 spiro atoms. The van der Waals surface area contributed by atoms with Crippen molar-refractivity contribution in [2.24, 2.45) is 0 Å². The number of aromatic nitrogens is 1. The molecule has 0 radical (unpaired) electrons. The number of nitrogens with zero attached hydrogens (tertiary/aromatic N) is 2. The molecule has 5 rings (SSSR count). The van der Waals surface area contributed by atoms with Crippen LogP contribution in [0.1, 0.15) is 35.9 Å². The number of aryl methyl sites for hydroxylation is 1. The van der Waals surface area contributed by atoms with Gasteiger partial charge in [-0.15, -0.1) is 11.3 Å². The number of ether oxygens (including phenoxy) is 2. The van der Waals surface area contributed by atoms with Crippen LogP contribution in [0, 0.1) is 6.92 Å². The summed E-state index contributed by atoms with van der Waals surface area (Å²) in [6.07, 6.45) is -0.0552. The van der Waals surface area contributed by atoms with Crippen LogP contribution in [0.3, 0.4) is 0 Å². The van der Waals surface area contributed by atoms with Gasteiger partial charge in [0.15, 0.2) is 5.13 Å². The van der Waals surface area contributed by atoms with Crippen LogP contribution in [0.25, 0.3) is 16.0 Å². The smallest absolute Gasteiger partial charge is 0.301 e. The van der Waals surface area contributed by atoms with Gasteiger partial charge in [-0.2, -0.15) is 0 Å². The largest absolute Gasteiger partial charge is 0.507 e. The van der Waals surface area contributed by atoms with E-state index >= 15 is 0 Å². The van der Waals surface area contributed by atoms with Crippen molar-refractivity contribution in [1.82, 2.24) is 4.98 Å². The number of hydrogen-bond donors (Lipinski definition) is 1. The van der Waals surface area contributed by atoms with E-state index in [2.05, 4.69) is 4.98 Å². The Morgan fingerprint density at radius 1 is 1.14 bits per heavy atom. The third-order valence-electron chi connectivity index (χ3n) is 5.84. The molecule has 2 aromatic carbocycles. The van der Waals surface area contributed by atoms with Crippen molar-refractivity contribution in [2.75, 3.05) is 12.0 Å². The molecule has 1 unspecified atom stereocenters. The molecule has 1 fully saturated rings. The van der Waals surface area contributed by atoms with E-state index in [0.717, 1.165) is 20.9 Å². The molecule has 0 bridgehead atoms. The average molecular weight is 521 g/mol. The molecule has 1 saturated heterocycles. The summed E-state index contributed by atoms with van der Waals surface area (Å²) in [7, 11) is 1.60. The van der Waals surface area contributed by atoms with Gasteiger partial charge in [0, 0.05) is 10.4 Å². The third kappa shape index (κ3) is 4.14. The second-order valence-corrected chi connectivity index (χ2v) is 10.7. The van der Waals surface area contributed by atoms with Gasteiger partial charge < -0.3 is 14.6 Å². The standard InChI is InChI=1S/C27H24N2O5S2/c1-14(2)34-17-8-5-7-16(12-17)24(30)22-23(20-9-6-10-35-20)29(26(32)25(22)31)27-28-18-11-15(3)19(33-4)13-21(18)36-27/h5-14,23,30H,1-4H3/b24-22+. The second kappa shape index (κ2) is 9.40. The summed E-state index contributed by atoms with van der Waals surface area (Å²) in [6.45, 7) is 5.74. The molecule has 9 heteroatoms. The molecular weight excluding hydrogens is 496 g/mol. The van der Waals surface area contributed by atoms with Gasteiger partial charge in [-0.25, -0.2) is 4.98 Å². The Bertz CT molecular complexity index is 1500. The first-order valence-corrected chi connectivity index (χ1v) is 13.0. The number of carbonyl (C=O) groups excluding carboxylic acids is 2. The van der Waals surface area contributed by atoms with Gasteiger partial charge >= 0.3 is 5.91 Å². The van der Waals surface area contributed by atoms with Gasteiger partial charge in [-0.1, -0.05) is 29.5 Å². The van der Waals surface area contributed by atoms with E-state index in [-0.39, 0.29) is 17.4 Å². The molecule has 7 nitrogen and oxygen atoms in total. The molecule has 0 aliphatic carbocycles. The number of methoxy groups -OCH3 is 1. The fourth-order valence-electron chi connectivity index (χ4n) is 4.26. The zero-order valence-electron chi connectivity index (χ0n) is 20.1. The van der Waals surface area contributed by atoms with Crippen molar-refractivity contribution in [3.63, 3.8) is 0 Å². The summed E-state index contributed by atoms with van der Waals surface area (Å²) >= 11 is 2.71. The maximum Gasteiger partial charge on any atom is 0.301 e. The Morgan fingerprint density at radius 2 is 1.94 bits per heavy atom. The predicted octanol–water partition coefficient (Wildman–Crippen LogP) is 6.09. The van der Waals surface area contributed by atoms with E-state index in [0.29, 0.717) is 22.0 Å². The molecule has 36 heavy (non-hydrogen) atoms. The van der Waals surface area contributed by atoms with Crippen LogP contribution >= 0.6 is 22.7 Å². The summed E-state index contributed by atoms with van der Waals surface area (Å²) in [5.41, 5.74) is 2.05. The number of rotatable bonds is 6. The lowest BCUT2D eigenvalue weighted by molar-refractivity contribution is -0.132. The number of fused-ring (bicyclic) bond motifs is 1. The van der Waals surface area contributed by atoms with Crippen LogP contribution in [0.15, 0.2) is 59.5 Å². The summed E-state index contributed by atoms with van der Waals surface area (Å²) in [4.78, 5) is 33.6. The Hall–Kier alpha value is -3.69. The lowest BCUT2D eigenvalue weighted by atomic mass is 10.00. The molecule has 1 amide bonds. The summed E-state index contributed by atoms with van der Waals surface area (Å²) in [6, 6.07) is 13.5. The minimum atomic E-state index is -0.803. The predicted molar refractivity (Wildman–Crippen MR) is 142 cm³/mol. The highest BCUT2D eigenvalue weighted by molar-refractivity contribution is 7.22. The first-order chi connectivity index (χ1) is 17.3. The third-order valence-corrected chi connectivity index (χ3v) is 7.78. The van der Waals surface area contributed by atoms with Crippen molar-refractivity contribution in [1.29, 1.82) is 0 Å². The van der Waals surface area contributed by atoms with Crippen molar-refractivity contribution < 1.29 is 24.2 Å². The Kier molecular flexibility index (Phi) is 6.27. The van der Waals surface area contributed by atoms with E-state index in [9.17, 15) is 14.7 Å². The van der Waals surface area contributed by atoms with Gasteiger partial charge in [-0.3, -0.25) is 14.5 Å². The van der Waals surface area contributed by atoms with E-state index in [1.54, 1.807) is 31.4 Å². The molecule has 1 aliphatic rings. The topological polar surface area (TPSA) is 89.0 Å². The Labute approximate surface area is 216 Å². The fraction of sp³-hybridized carbons (Fsp3) is 0.222. The van der Waals surface area contributed by atoms with E-state index in [1.165, 1.54) is 27.6 Å². The van der Waals surface area contributed by atoms with Crippen LogP contribution in [0.2, 0.25) is 0 Å². The Morgan fingerprint density at radius 3 is 2.64 bits per heavy atom. The van der Waals surface area contributed by atoms with Gasteiger partial charge in [-0.05, 0) is 62.0 Å². The maximum absolute atomic E-state index is 13.4. The number of carbonyl (C=O) groups is 2. The molecular formula is C27H24N2O5S2. The fourth-order valence-corrected chi connectivity index (χ4v) is 6.09. The molecule has 184 valence electrons. The SMILES string of the molecule is COc1cc2sc(N3C(=O)C(=O)/C(=C(/O)c4cccc(OC(C)C)c4)C3c3cccs3)nc2cc1C. The number of ketones is 1. The van der Waals surface area contributed by atoms with E-state index in [4.69, 9.17) is 9.47 Å². The second-order valence-electron chi connectivity index (χ2n) is 8.66. The summed E-state index contributed by atoms with van der Waals surface area (Å²) < 4.78 is 12.0. The number of hydrogen-bond acceptors (Lipinski definition) is 8. The summed E-state index contributed by atoms with van der Waals surface area (Å²) in [5, 5.41) is 13.6. The van der Waals surface area contributed by atoms with Gasteiger partial charge in [0.1, 0.15) is 23.3 Å². The number of aliphatic hydroxyl groups is 1. The highest BCUT2D eigenvalue weighted by Gasteiger charge is 2.48. The quantitative estimate of drug-likeness (QED) is 0.188. The molecule has 1 N–H and O–H groups in total. The number of thiophene rings is 1. The van der Waals surface area contributed by atoms with Crippen molar-refractivity contribution in [3.05, 3.63) is 75.5 Å². The number of anilines is 1. The number of thiazole rings is 1. The summed E-state index contributed by atoms with van der Waals surface area (Å²) in [5.74, 6) is -0.451. The number of Topliss-reactive ketones (excluding diaryl/α,β-unsaturated/α-hetero) is 1. The average Bonchev–Trinajstić information content (AvgIpc) is 3.56. The highest BCUT2D eigenvalue weighted by atomic mass is 32.1. The Balaban J connectivity index is 1.66. The molecule has 1 atom stereocenters. The lowest BCUT2D eigenvalue weighted by Gasteiger charge is -2.21. The number of amides is 1. The van der Waals surface area contributed by atoms with Gasteiger partial charge in [0.25, 0.3) is 5.78 Å². The van der Waals surface area contributed by atoms with Gasteiger partial charge in [0.05, 0.1) is 29.0 Å². The number of aliphatic hydroxyl groups excluding tert-OH is 1. The zero-order valence-corrected chi connectivity index (χ0v) is 21.8. The molecule has 2 aromatic heterocycles.